The number of hydrogen-bond acceptors (Lipinski definition) is 3. The number of alkyl halides is 6. The monoisotopic (exact) mass is 476 g/mol. The summed E-state index contributed by atoms with van der Waals surface area (Å²) in [5.74, 6) is 0. The van der Waals surface area contributed by atoms with Crippen LogP contribution in [0.15, 0.2) is 65.6 Å². The van der Waals surface area contributed by atoms with E-state index in [1.807, 2.05) is 47.2 Å². The van der Waals surface area contributed by atoms with Crippen LogP contribution in [0.5, 0.6) is 0 Å². The standard InChI is InChI=1S/C21H18F6N2O2S/c22-20(23,24)16-10-17(21(25,26)27)12-18(11-16)32(30,31)29-9-8-28-13-15-6-3-5-14-4-1-2-7-19(14)15/h1-7,10-12,28-29H,8-9,13H2. The second-order valence-electron chi connectivity index (χ2n) is 6.95. The number of sulfonamides is 1. The van der Waals surface area contributed by atoms with E-state index in [0.717, 1.165) is 16.3 Å². The van der Waals surface area contributed by atoms with Gasteiger partial charge >= 0.3 is 12.4 Å². The second-order valence-corrected chi connectivity index (χ2v) is 8.72. The average Bonchev–Trinajstić information content (AvgIpc) is 2.72. The van der Waals surface area contributed by atoms with E-state index in [1.54, 1.807) is 0 Å². The number of fused-ring (bicyclic) bond motifs is 1. The maximum absolute atomic E-state index is 13.0. The van der Waals surface area contributed by atoms with Crippen LogP contribution in [0.2, 0.25) is 0 Å². The molecule has 0 unspecified atom stereocenters. The van der Waals surface area contributed by atoms with Gasteiger partial charge in [0.1, 0.15) is 0 Å². The SMILES string of the molecule is O=S(=O)(NCCNCc1cccc2ccccc12)c1cc(C(F)(F)F)cc(C(F)(F)F)c1. The van der Waals surface area contributed by atoms with Gasteiger partial charge in [0.15, 0.2) is 0 Å². The Hall–Kier alpha value is -2.63. The largest absolute Gasteiger partial charge is 0.416 e. The molecule has 172 valence electrons. The fraction of sp³-hybridized carbons (Fsp3) is 0.238. The van der Waals surface area contributed by atoms with Gasteiger partial charge in [0.25, 0.3) is 0 Å². The van der Waals surface area contributed by atoms with E-state index in [4.69, 9.17) is 0 Å². The molecule has 0 atom stereocenters. The maximum Gasteiger partial charge on any atom is 0.416 e. The molecule has 0 aliphatic heterocycles. The van der Waals surface area contributed by atoms with Crippen LogP contribution >= 0.6 is 0 Å². The average molecular weight is 476 g/mol. The quantitative estimate of drug-likeness (QED) is 0.375. The van der Waals surface area contributed by atoms with Crippen molar-refractivity contribution >= 4 is 20.8 Å². The lowest BCUT2D eigenvalue weighted by Gasteiger charge is -2.15. The number of hydrogen-bond donors (Lipinski definition) is 2. The molecule has 32 heavy (non-hydrogen) atoms. The summed E-state index contributed by atoms with van der Waals surface area (Å²) >= 11 is 0. The Bertz CT molecular complexity index is 1170. The van der Waals surface area contributed by atoms with Crippen molar-refractivity contribution in [2.45, 2.75) is 23.8 Å². The molecule has 0 aliphatic rings. The minimum Gasteiger partial charge on any atom is -0.311 e. The molecule has 2 N–H and O–H groups in total. The Balaban J connectivity index is 1.67. The third-order valence-corrected chi connectivity index (χ3v) is 6.10. The molecule has 0 aliphatic carbocycles. The van der Waals surface area contributed by atoms with Crippen molar-refractivity contribution in [2.24, 2.45) is 0 Å². The highest BCUT2D eigenvalue weighted by Gasteiger charge is 2.38. The molecule has 3 rings (SSSR count). The van der Waals surface area contributed by atoms with Crippen molar-refractivity contribution in [2.75, 3.05) is 13.1 Å². The molecule has 3 aromatic rings. The van der Waals surface area contributed by atoms with Crippen LogP contribution in [0.4, 0.5) is 26.3 Å². The fourth-order valence-electron chi connectivity index (χ4n) is 3.11. The first-order chi connectivity index (χ1) is 14.9. The summed E-state index contributed by atoms with van der Waals surface area (Å²) < 4.78 is 104. The Morgan fingerprint density at radius 2 is 1.34 bits per heavy atom. The van der Waals surface area contributed by atoms with Crippen molar-refractivity contribution in [1.82, 2.24) is 10.0 Å². The van der Waals surface area contributed by atoms with Gasteiger partial charge in [0.2, 0.25) is 10.0 Å². The lowest BCUT2D eigenvalue weighted by molar-refractivity contribution is -0.143. The van der Waals surface area contributed by atoms with Crippen molar-refractivity contribution < 1.29 is 34.8 Å². The van der Waals surface area contributed by atoms with Crippen LogP contribution in [0.1, 0.15) is 16.7 Å². The van der Waals surface area contributed by atoms with Crippen molar-refractivity contribution in [3.8, 4) is 0 Å². The van der Waals surface area contributed by atoms with Crippen LogP contribution in [0, 0.1) is 0 Å². The Labute approximate surface area is 180 Å². The first-order valence-electron chi connectivity index (χ1n) is 9.34. The van der Waals surface area contributed by atoms with Crippen molar-refractivity contribution in [3.05, 3.63) is 77.4 Å². The number of nitrogens with one attached hydrogen (secondary N) is 2. The van der Waals surface area contributed by atoms with Crippen LogP contribution in [0.25, 0.3) is 10.8 Å². The van der Waals surface area contributed by atoms with Crippen LogP contribution in [0.3, 0.4) is 0 Å². The maximum atomic E-state index is 13.0. The predicted octanol–water partition coefficient (Wildman–Crippen LogP) is 4.95. The van der Waals surface area contributed by atoms with Crippen molar-refractivity contribution in [1.29, 1.82) is 0 Å². The third kappa shape index (κ3) is 5.78. The van der Waals surface area contributed by atoms with Gasteiger partial charge in [-0.05, 0) is 34.5 Å². The number of benzene rings is 3. The topological polar surface area (TPSA) is 58.2 Å². The smallest absolute Gasteiger partial charge is 0.311 e. The molecular formula is C21H18F6N2O2S. The molecule has 0 heterocycles. The molecule has 0 bridgehead atoms. The molecule has 0 radical (unpaired) electrons. The predicted molar refractivity (Wildman–Crippen MR) is 107 cm³/mol. The van der Waals surface area contributed by atoms with E-state index in [-0.39, 0.29) is 31.3 Å². The van der Waals surface area contributed by atoms with E-state index in [1.165, 1.54) is 0 Å². The van der Waals surface area contributed by atoms with Gasteiger partial charge in [-0.15, -0.1) is 0 Å². The summed E-state index contributed by atoms with van der Waals surface area (Å²) in [6.07, 6.45) is -10.3. The molecule has 0 saturated heterocycles. The van der Waals surface area contributed by atoms with E-state index in [9.17, 15) is 34.8 Å². The van der Waals surface area contributed by atoms with E-state index in [0.29, 0.717) is 6.54 Å². The summed E-state index contributed by atoms with van der Waals surface area (Å²) in [4.78, 5) is -1.10. The molecule has 11 heteroatoms. The first-order valence-corrected chi connectivity index (χ1v) is 10.8. The minimum atomic E-state index is -5.13. The van der Waals surface area contributed by atoms with Crippen LogP contribution in [-0.2, 0) is 28.9 Å². The highest BCUT2D eigenvalue weighted by atomic mass is 32.2. The highest BCUT2D eigenvalue weighted by Crippen LogP contribution is 2.37. The number of halogens is 6. The van der Waals surface area contributed by atoms with E-state index in [2.05, 4.69) is 5.32 Å². The minimum absolute atomic E-state index is 0.105. The lowest BCUT2D eigenvalue weighted by atomic mass is 10.0. The second kappa shape index (κ2) is 9.08. The fourth-order valence-corrected chi connectivity index (χ4v) is 4.21. The lowest BCUT2D eigenvalue weighted by Crippen LogP contribution is -2.32. The highest BCUT2D eigenvalue weighted by molar-refractivity contribution is 7.89. The van der Waals surface area contributed by atoms with E-state index >= 15 is 0 Å². The molecular weight excluding hydrogens is 458 g/mol. The van der Waals surface area contributed by atoms with Gasteiger partial charge in [-0.1, -0.05) is 42.5 Å². The van der Waals surface area contributed by atoms with Gasteiger partial charge in [0.05, 0.1) is 16.0 Å². The van der Waals surface area contributed by atoms with Crippen molar-refractivity contribution in [3.63, 3.8) is 0 Å². The summed E-state index contributed by atoms with van der Waals surface area (Å²) in [7, 11) is -4.60. The Morgan fingerprint density at radius 1 is 0.750 bits per heavy atom. The zero-order valence-electron chi connectivity index (χ0n) is 16.4. The van der Waals surface area contributed by atoms with Gasteiger partial charge in [-0.25, -0.2) is 13.1 Å². The Kier molecular flexibility index (Phi) is 6.82. The van der Waals surface area contributed by atoms with Gasteiger partial charge in [0, 0.05) is 19.6 Å². The molecule has 0 saturated carbocycles. The zero-order chi connectivity index (χ0) is 23.6. The third-order valence-electron chi connectivity index (χ3n) is 4.66. The summed E-state index contributed by atoms with van der Waals surface area (Å²) in [5.41, 5.74) is -2.43. The first kappa shape index (κ1) is 24.0. The number of rotatable bonds is 7. The summed E-state index contributed by atoms with van der Waals surface area (Å²) in [5, 5.41) is 5.03. The van der Waals surface area contributed by atoms with Gasteiger partial charge in [-0.3, -0.25) is 0 Å². The Morgan fingerprint density at radius 3 is 1.97 bits per heavy atom. The molecule has 0 fully saturated rings. The van der Waals surface area contributed by atoms with Crippen LogP contribution in [-0.4, -0.2) is 21.5 Å². The molecule has 0 amide bonds. The normalized spacial score (nSPS) is 12.9. The molecule has 0 aromatic heterocycles. The molecule has 0 spiro atoms. The van der Waals surface area contributed by atoms with Crippen LogP contribution < -0.4 is 10.0 Å². The molecule has 4 nitrogen and oxygen atoms in total. The van der Waals surface area contributed by atoms with Gasteiger partial charge < -0.3 is 5.32 Å². The zero-order valence-corrected chi connectivity index (χ0v) is 17.2. The molecule has 3 aromatic carbocycles. The summed E-state index contributed by atoms with van der Waals surface area (Å²) in [6.45, 7) is 0.267. The van der Waals surface area contributed by atoms with E-state index < -0.39 is 38.4 Å². The summed E-state index contributed by atoms with van der Waals surface area (Å²) in [6, 6.07) is 13.6. The van der Waals surface area contributed by atoms with Gasteiger partial charge in [-0.2, -0.15) is 26.3 Å².